The van der Waals surface area contributed by atoms with Gasteiger partial charge in [0.25, 0.3) is 0 Å². The third-order valence-electron chi connectivity index (χ3n) is 5.28. The Balaban J connectivity index is 1.70. The normalized spacial score (nSPS) is 23.5. The summed E-state index contributed by atoms with van der Waals surface area (Å²) >= 11 is 0. The van der Waals surface area contributed by atoms with Crippen LogP contribution in [0.3, 0.4) is 0 Å². The van der Waals surface area contributed by atoms with Crippen LogP contribution >= 0.6 is 0 Å². The lowest BCUT2D eigenvalue weighted by Crippen LogP contribution is -2.49. The molecule has 1 aromatic heterocycles. The molecule has 1 aromatic rings. The first-order chi connectivity index (χ1) is 11.0. The predicted octanol–water partition coefficient (Wildman–Crippen LogP) is 1.90. The fraction of sp³-hybridized carbons (Fsp3) is 0.667. The summed E-state index contributed by atoms with van der Waals surface area (Å²) in [5.74, 6) is 0.554. The van der Waals surface area contributed by atoms with Crippen LogP contribution in [0.25, 0.3) is 0 Å². The molecule has 2 aliphatic rings. The molecule has 1 unspecified atom stereocenters. The number of rotatable bonds is 4. The van der Waals surface area contributed by atoms with Crippen molar-refractivity contribution in [2.75, 3.05) is 19.8 Å². The SMILES string of the molecule is Cc1nc(C(C)C)ccc1CNC1C(=O)NCC12CCOCC2. The Labute approximate surface area is 138 Å². The molecule has 2 fully saturated rings. The average molecular weight is 317 g/mol. The molecule has 0 aliphatic carbocycles. The van der Waals surface area contributed by atoms with Crippen molar-refractivity contribution in [2.45, 2.75) is 52.1 Å². The first-order valence-electron chi connectivity index (χ1n) is 8.57. The standard InChI is InChI=1S/C18H27N3O2/c1-12(2)15-5-4-14(13(3)21-15)10-19-16-17(22)20-11-18(16)6-8-23-9-7-18/h4-5,12,16,19H,6-11H2,1-3H3,(H,20,22). The quantitative estimate of drug-likeness (QED) is 0.890. The maximum Gasteiger partial charge on any atom is 0.237 e. The second-order valence-electron chi connectivity index (χ2n) is 7.14. The Bertz CT molecular complexity index is 580. The van der Waals surface area contributed by atoms with E-state index in [2.05, 4.69) is 41.6 Å². The van der Waals surface area contributed by atoms with E-state index in [1.165, 1.54) is 0 Å². The van der Waals surface area contributed by atoms with E-state index >= 15 is 0 Å². The minimum atomic E-state index is -0.129. The maximum atomic E-state index is 12.3. The summed E-state index contributed by atoms with van der Waals surface area (Å²) in [5.41, 5.74) is 3.33. The molecular formula is C18H27N3O2. The van der Waals surface area contributed by atoms with Crippen LogP contribution < -0.4 is 10.6 Å². The van der Waals surface area contributed by atoms with Crippen molar-refractivity contribution in [3.8, 4) is 0 Å². The van der Waals surface area contributed by atoms with Crippen molar-refractivity contribution < 1.29 is 9.53 Å². The molecule has 2 saturated heterocycles. The van der Waals surface area contributed by atoms with Crippen molar-refractivity contribution in [2.24, 2.45) is 5.41 Å². The predicted molar refractivity (Wildman–Crippen MR) is 89.2 cm³/mol. The molecule has 3 heterocycles. The summed E-state index contributed by atoms with van der Waals surface area (Å²) in [7, 11) is 0. The van der Waals surface area contributed by atoms with E-state index in [1.54, 1.807) is 0 Å². The first kappa shape index (κ1) is 16.4. The molecule has 5 nitrogen and oxygen atoms in total. The molecule has 0 aromatic carbocycles. The third kappa shape index (κ3) is 3.26. The molecule has 2 aliphatic heterocycles. The number of aromatic nitrogens is 1. The lowest BCUT2D eigenvalue weighted by molar-refractivity contribution is -0.122. The Morgan fingerprint density at radius 2 is 2.13 bits per heavy atom. The smallest absolute Gasteiger partial charge is 0.237 e. The fourth-order valence-corrected chi connectivity index (χ4v) is 3.63. The molecule has 1 amide bonds. The lowest BCUT2D eigenvalue weighted by atomic mass is 9.76. The Morgan fingerprint density at radius 1 is 1.39 bits per heavy atom. The number of ether oxygens (including phenoxy) is 1. The van der Waals surface area contributed by atoms with Gasteiger partial charge in [-0.2, -0.15) is 0 Å². The van der Waals surface area contributed by atoms with Crippen LogP contribution in [-0.2, 0) is 16.1 Å². The number of carbonyl (C=O) groups is 1. The van der Waals surface area contributed by atoms with Crippen LogP contribution in [0.2, 0.25) is 0 Å². The van der Waals surface area contributed by atoms with E-state index in [0.29, 0.717) is 12.5 Å². The Morgan fingerprint density at radius 3 is 2.78 bits per heavy atom. The lowest BCUT2D eigenvalue weighted by Gasteiger charge is -2.37. The van der Waals surface area contributed by atoms with Crippen LogP contribution in [0, 0.1) is 12.3 Å². The van der Waals surface area contributed by atoms with E-state index in [1.807, 2.05) is 6.92 Å². The maximum absolute atomic E-state index is 12.3. The zero-order valence-electron chi connectivity index (χ0n) is 14.3. The molecule has 3 rings (SSSR count). The van der Waals surface area contributed by atoms with Gasteiger partial charge in [-0.25, -0.2) is 0 Å². The summed E-state index contributed by atoms with van der Waals surface area (Å²) in [4.78, 5) is 16.9. The summed E-state index contributed by atoms with van der Waals surface area (Å²) in [6, 6.07) is 4.09. The summed E-state index contributed by atoms with van der Waals surface area (Å²) in [6.45, 7) is 9.28. The Hall–Kier alpha value is -1.46. The van der Waals surface area contributed by atoms with Crippen LogP contribution in [0.15, 0.2) is 12.1 Å². The van der Waals surface area contributed by atoms with E-state index in [-0.39, 0.29) is 17.4 Å². The number of pyridine rings is 1. The topological polar surface area (TPSA) is 63.2 Å². The van der Waals surface area contributed by atoms with Gasteiger partial charge in [-0.1, -0.05) is 19.9 Å². The van der Waals surface area contributed by atoms with Crippen molar-refractivity contribution >= 4 is 5.91 Å². The number of carbonyl (C=O) groups excluding carboxylic acids is 1. The van der Waals surface area contributed by atoms with Crippen molar-refractivity contribution in [3.05, 3.63) is 29.1 Å². The molecular weight excluding hydrogens is 290 g/mol. The van der Waals surface area contributed by atoms with Crippen molar-refractivity contribution in [3.63, 3.8) is 0 Å². The van der Waals surface area contributed by atoms with Gasteiger partial charge in [0, 0.05) is 43.1 Å². The van der Waals surface area contributed by atoms with Gasteiger partial charge in [0.15, 0.2) is 0 Å². The summed E-state index contributed by atoms with van der Waals surface area (Å²) < 4.78 is 5.48. The third-order valence-corrected chi connectivity index (χ3v) is 5.28. The number of aryl methyl sites for hydroxylation is 1. The van der Waals surface area contributed by atoms with Gasteiger partial charge in [0.1, 0.15) is 0 Å². The largest absolute Gasteiger partial charge is 0.381 e. The zero-order valence-corrected chi connectivity index (χ0v) is 14.3. The molecule has 5 heteroatoms. The summed E-state index contributed by atoms with van der Waals surface area (Å²) in [5, 5.41) is 6.52. The van der Waals surface area contributed by atoms with Gasteiger partial charge in [-0.15, -0.1) is 0 Å². The number of nitrogens with zero attached hydrogens (tertiary/aromatic N) is 1. The number of hydrogen-bond acceptors (Lipinski definition) is 4. The fourth-order valence-electron chi connectivity index (χ4n) is 3.63. The highest BCUT2D eigenvalue weighted by atomic mass is 16.5. The first-order valence-corrected chi connectivity index (χ1v) is 8.57. The van der Waals surface area contributed by atoms with Crippen LogP contribution in [0.4, 0.5) is 0 Å². The molecule has 23 heavy (non-hydrogen) atoms. The molecule has 1 atom stereocenters. The molecule has 1 spiro atoms. The van der Waals surface area contributed by atoms with Crippen molar-refractivity contribution in [1.82, 2.24) is 15.6 Å². The second-order valence-corrected chi connectivity index (χ2v) is 7.14. The monoisotopic (exact) mass is 317 g/mol. The second kappa shape index (κ2) is 6.57. The Kier molecular flexibility index (Phi) is 4.69. The van der Waals surface area contributed by atoms with Gasteiger partial charge in [-0.05, 0) is 37.3 Å². The molecule has 2 N–H and O–H groups in total. The van der Waals surface area contributed by atoms with Gasteiger partial charge in [-0.3, -0.25) is 9.78 Å². The number of nitrogens with one attached hydrogen (secondary N) is 2. The molecule has 0 saturated carbocycles. The van der Waals surface area contributed by atoms with Gasteiger partial charge >= 0.3 is 0 Å². The average Bonchev–Trinajstić information content (AvgIpc) is 2.83. The van der Waals surface area contributed by atoms with Gasteiger partial charge < -0.3 is 15.4 Å². The minimum Gasteiger partial charge on any atom is -0.381 e. The highest BCUT2D eigenvalue weighted by Gasteiger charge is 2.48. The number of amides is 1. The van der Waals surface area contributed by atoms with E-state index in [4.69, 9.17) is 4.74 Å². The summed E-state index contributed by atoms with van der Waals surface area (Å²) in [6.07, 6.45) is 1.87. The van der Waals surface area contributed by atoms with E-state index in [0.717, 1.165) is 49.6 Å². The van der Waals surface area contributed by atoms with Crippen LogP contribution in [-0.4, -0.2) is 36.7 Å². The van der Waals surface area contributed by atoms with Crippen LogP contribution in [0.1, 0.15) is 49.6 Å². The van der Waals surface area contributed by atoms with Crippen LogP contribution in [0.5, 0.6) is 0 Å². The van der Waals surface area contributed by atoms with E-state index in [9.17, 15) is 4.79 Å². The highest BCUT2D eigenvalue weighted by molar-refractivity contribution is 5.85. The van der Waals surface area contributed by atoms with Gasteiger partial charge in [0.2, 0.25) is 5.91 Å². The molecule has 0 bridgehead atoms. The van der Waals surface area contributed by atoms with E-state index < -0.39 is 0 Å². The molecule has 0 radical (unpaired) electrons. The zero-order chi connectivity index (χ0) is 16.4. The molecule has 126 valence electrons. The van der Waals surface area contributed by atoms with Gasteiger partial charge in [0.05, 0.1) is 6.04 Å². The minimum absolute atomic E-state index is 0.00847. The highest BCUT2D eigenvalue weighted by Crippen LogP contribution is 2.37. The number of hydrogen-bond donors (Lipinski definition) is 2. The van der Waals surface area contributed by atoms with Crippen molar-refractivity contribution in [1.29, 1.82) is 0 Å².